The molecule has 0 bridgehead atoms. The minimum absolute atomic E-state index is 0.195. The summed E-state index contributed by atoms with van der Waals surface area (Å²) in [5.41, 5.74) is 3.77. The van der Waals surface area contributed by atoms with Gasteiger partial charge in [0.1, 0.15) is 0 Å². The summed E-state index contributed by atoms with van der Waals surface area (Å²) >= 11 is 0. The van der Waals surface area contributed by atoms with Crippen molar-refractivity contribution >= 4 is 5.91 Å². The van der Waals surface area contributed by atoms with Gasteiger partial charge in [0.15, 0.2) is 0 Å². The predicted molar refractivity (Wildman–Crippen MR) is 85.1 cm³/mol. The van der Waals surface area contributed by atoms with E-state index in [9.17, 15) is 4.79 Å². The third-order valence-electron chi connectivity index (χ3n) is 4.10. The molecule has 1 amide bonds. The quantitative estimate of drug-likeness (QED) is 0.857. The molecule has 0 unspecified atom stereocenters. The summed E-state index contributed by atoms with van der Waals surface area (Å²) in [7, 11) is 3.88. The Morgan fingerprint density at radius 2 is 2.09 bits per heavy atom. The smallest absolute Gasteiger partial charge is 0.237 e. The van der Waals surface area contributed by atoms with E-state index in [4.69, 9.17) is 0 Å². The largest absolute Gasteiger partial charge is 0.337 e. The van der Waals surface area contributed by atoms with E-state index in [1.807, 2.05) is 42.4 Å². The van der Waals surface area contributed by atoms with Crippen LogP contribution in [0.2, 0.25) is 0 Å². The number of rotatable bonds is 4. The summed E-state index contributed by atoms with van der Waals surface area (Å²) in [4.78, 5) is 16.5. The first-order chi connectivity index (χ1) is 10.6. The summed E-state index contributed by atoms with van der Waals surface area (Å²) in [6.07, 6.45) is 4.78. The van der Waals surface area contributed by atoms with Gasteiger partial charge in [-0.2, -0.15) is 5.10 Å². The van der Waals surface area contributed by atoms with E-state index in [1.165, 1.54) is 11.1 Å². The molecule has 5 heteroatoms. The zero-order chi connectivity index (χ0) is 15.5. The van der Waals surface area contributed by atoms with Crippen LogP contribution < -0.4 is 0 Å². The maximum absolute atomic E-state index is 12.5. The lowest BCUT2D eigenvalue weighted by Crippen LogP contribution is -2.41. The molecule has 5 nitrogen and oxygen atoms in total. The van der Waals surface area contributed by atoms with Crippen molar-refractivity contribution in [1.82, 2.24) is 19.6 Å². The zero-order valence-electron chi connectivity index (χ0n) is 13.2. The Morgan fingerprint density at radius 3 is 2.82 bits per heavy atom. The second kappa shape index (κ2) is 6.32. The van der Waals surface area contributed by atoms with Crippen LogP contribution in [0.1, 0.15) is 16.7 Å². The van der Waals surface area contributed by atoms with E-state index in [1.54, 1.807) is 4.68 Å². The molecule has 0 atom stereocenters. The number of likely N-dealkylation sites (N-methyl/N-ethyl adjacent to an activating group) is 1. The third kappa shape index (κ3) is 3.36. The Morgan fingerprint density at radius 1 is 1.32 bits per heavy atom. The highest BCUT2D eigenvalue weighted by Gasteiger charge is 2.21. The number of benzene rings is 1. The van der Waals surface area contributed by atoms with Gasteiger partial charge in [0.05, 0.1) is 12.7 Å². The van der Waals surface area contributed by atoms with Crippen LogP contribution >= 0.6 is 0 Å². The predicted octanol–water partition coefficient (Wildman–Crippen LogP) is 1.44. The molecule has 0 saturated carbocycles. The van der Waals surface area contributed by atoms with Crippen LogP contribution in [0.4, 0.5) is 0 Å². The summed E-state index contributed by atoms with van der Waals surface area (Å²) in [6, 6.07) is 8.39. The van der Waals surface area contributed by atoms with Crippen LogP contribution in [-0.2, 0) is 31.4 Å². The van der Waals surface area contributed by atoms with Gasteiger partial charge in [-0.3, -0.25) is 14.4 Å². The summed E-state index contributed by atoms with van der Waals surface area (Å²) in [5, 5.41) is 4.16. The first-order valence-corrected chi connectivity index (χ1v) is 7.62. The molecule has 3 rings (SSSR count). The van der Waals surface area contributed by atoms with E-state index < -0.39 is 0 Å². The molecule has 22 heavy (non-hydrogen) atoms. The van der Waals surface area contributed by atoms with Crippen LogP contribution in [0.15, 0.2) is 36.7 Å². The SMILES string of the molecule is CN(CC(=O)N1CCc2ccccc2C1)Cc1cnn(C)c1. The Bertz CT molecular complexity index is 664. The maximum atomic E-state index is 12.5. The summed E-state index contributed by atoms with van der Waals surface area (Å²) in [6.45, 7) is 2.73. The number of aryl methyl sites for hydroxylation is 1. The first-order valence-electron chi connectivity index (χ1n) is 7.62. The van der Waals surface area contributed by atoms with E-state index in [0.29, 0.717) is 6.54 Å². The molecule has 116 valence electrons. The molecule has 2 aromatic rings. The number of carbonyl (C=O) groups excluding carboxylic acids is 1. The molecular formula is C17H22N4O. The van der Waals surface area contributed by atoms with Gasteiger partial charge in [0.25, 0.3) is 0 Å². The second-order valence-electron chi connectivity index (χ2n) is 6.03. The second-order valence-corrected chi connectivity index (χ2v) is 6.03. The van der Waals surface area contributed by atoms with Crippen molar-refractivity contribution in [3.8, 4) is 0 Å². The number of amides is 1. The van der Waals surface area contributed by atoms with E-state index in [0.717, 1.165) is 31.6 Å². The fraction of sp³-hybridized carbons (Fsp3) is 0.412. The number of hydrogen-bond donors (Lipinski definition) is 0. The van der Waals surface area contributed by atoms with Crippen molar-refractivity contribution in [2.24, 2.45) is 7.05 Å². The van der Waals surface area contributed by atoms with Crippen molar-refractivity contribution in [1.29, 1.82) is 0 Å². The molecular weight excluding hydrogens is 276 g/mol. The molecule has 1 aromatic heterocycles. The Hall–Kier alpha value is -2.14. The Kier molecular flexibility index (Phi) is 4.24. The lowest BCUT2D eigenvalue weighted by Gasteiger charge is -2.30. The highest BCUT2D eigenvalue weighted by atomic mass is 16.2. The van der Waals surface area contributed by atoms with Gasteiger partial charge in [-0.15, -0.1) is 0 Å². The average Bonchev–Trinajstić information content (AvgIpc) is 2.91. The number of nitrogens with zero attached hydrogens (tertiary/aromatic N) is 4. The number of carbonyl (C=O) groups is 1. The fourth-order valence-corrected chi connectivity index (χ4v) is 2.96. The number of hydrogen-bond acceptors (Lipinski definition) is 3. The van der Waals surface area contributed by atoms with Crippen LogP contribution in [0.25, 0.3) is 0 Å². The van der Waals surface area contributed by atoms with Gasteiger partial charge in [-0.05, 0) is 24.6 Å². The van der Waals surface area contributed by atoms with Crippen molar-refractivity contribution in [2.45, 2.75) is 19.5 Å². The van der Waals surface area contributed by atoms with Gasteiger partial charge in [0.2, 0.25) is 5.91 Å². The fourth-order valence-electron chi connectivity index (χ4n) is 2.96. The Labute approximate surface area is 131 Å². The molecule has 2 heterocycles. The minimum atomic E-state index is 0.195. The van der Waals surface area contributed by atoms with Crippen LogP contribution in [-0.4, -0.2) is 45.6 Å². The van der Waals surface area contributed by atoms with E-state index >= 15 is 0 Å². The molecule has 1 aliphatic heterocycles. The standard InChI is InChI=1S/C17H22N4O/c1-19(10-14-9-18-20(2)11-14)13-17(22)21-8-7-15-5-3-4-6-16(15)12-21/h3-6,9,11H,7-8,10,12-13H2,1-2H3. The van der Waals surface area contributed by atoms with E-state index in [2.05, 4.69) is 23.3 Å². The first kappa shape index (κ1) is 14.8. The molecule has 1 aliphatic rings. The van der Waals surface area contributed by atoms with Crippen molar-refractivity contribution in [3.05, 3.63) is 53.3 Å². The average molecular weight is 298 g/mol. The van der Waals surface area contributed by atoms with Gasteiger partial charge >= 0.3 is 0 Å². The molecule has 0 fully saturated rings. The van der Waals surface area contributed by atoms with Crippen molar-refractivity contribution in [3.63, 3.8) is 0 Å². The van der Waals surface area contributed by atoms with Gasteiger partial charge < -0.3 is 4.90 Å². The third-order valence-corrected chi connectivity index (χ3v) is 4.10. The Balaban J connectivity index is 1.56. The number of aromatic nitrogens is 2. The highest BCUT2D eigenvalue weighted by Crippen LogP contribution is 2.18. The van der Waals surface area contributed by atoms with Gasteiger partial charge in [-0.1, -0.05) is 24.3 Å². The molecule has 0 radical (unpaired) electrons. The number of fused-ring (bicyclic) bond motifs is 1. The molecule has 1 aromatic carbocycles. The monoisotopic (exact) mass is 298 g/mol. The van der Waals surface area contributed by atoms with Crippen molar-refractivity contribution < 1.29 is 4.79 Å². The van der Waals surface area contributed by atoms with E-state index in [-0.39, 0.29) is 5.91 Å². The molecule has 0 aliphatic carbocycles. The minimum Gasteiger partial charge on any atom is -0.337 e. The maximum Gasteiger partial charge on any atom is 0.237 e. The zero-order valence-corrected chi connectivity index (χ0v) is 13.2. The lowest BCUT2D eigenvalue weighted by atomic mass is 10.00. The van der Waals surface area contributed by atoms with Gasteiger partial charge in [-0.25, -0.2) is 0 Å². The molecule has 0 N–H and O–H groups in total. The van der Waals surface area contributed by atoms with Crippen LogP contribution in [0, 0.1) is 0 Å². The van der Waals surface area contributed by atoms with Crippen LogP contribution in [0.3, 0.4) is 0 Å². The molecule has 0 spiro atoms. The summed E-state index contributed by atoms with van der Waals surface area (Å²) < 4.78 is 1.78. The molecule has 0 saturated heterocycles. The van der Waals surface area contributed by atoms with Gasteiger partial charge in [0, 0.05) is 38.4 Å². The normalized spacial score (nSPS) is 14.2. The topological polar surface area (TPSA) is 41.4 Å². The van der Waals surface area contributed by atoms with Crippen LogP contribution in [0.5, 0.6) is 0 Å². The highest BCUT2D eigenvalue weighted by molar-refractivity contribution is 5.78. The lowest BCUT2D eigenvalue weighted by molar-refractivity contribution is -0.133. The van der Waals surface area contributed by atoms with Crippen molar-refractivity contribution in [2.75, 3.05) is 20.1 Å². The summed E-state index contributed by atoms with van der Waals surface area (Å²) in [5.74, 6) is 0.195.